The molecule has 7 heteroatoms. The number of carbonyl (C=O) groups excluding carboxylic acids is 1. The third-order valence-corrected chi connectivity index (χ3v) is 3.82. The van der Waals surface area contributed by atoms with Gasteiger partial charge < -0.3 is 21.9 Å². The van der Waals surface area contributed by atoms with Crippen molar-refractivity contribution in [2.24, 2.45) is 16.5 Å². The second kappa shape index (κ2) is 8.66. The molecular formula is C19H22N4O3. The van der Waals surface area contributed by atoms with Crippen molar-refractivity contribution >= 4 is 23.5 Å². The van der Waals surface area contributed by atoms with E-state index in [9.17, 15) is 9.59 Å². The molecule has 136 valence electrons. The first-order chi connectivity index (χ1) is 12.3. The van der Waals surface area contributed by atoms with Crippen molar-refractivity contribution in [3.05, 3.63) is 65.2 Å². The van der Waals surface area contributed by atoms with E-state index in [1.54, 1.807) is 24.3 Å². The Morgan fingerprint density at radius 2 is 1.88 bits per heavy atom. The zero-order valence-corrected chi connectivity index (χ0v) is 14.5. The molecule has 1 atom stereocenters. The molecule has 0 radical (unpaired) electrons. The summed E-state index contributed by atoms with van der Waals surface area (Å²) in [5.74, 6) is -1.26. The first kappa shape index (κ1) is 19.0. The third kappa shape index (κ3) is 5.62. The van der Waals surface area contributed by atoms with Crippen LogP contribution in [0.15, 0.2) is 53.5 Å². The Hall–Kier alpha value is -3.35. The Morgan fingerprint density at radius 3 is 2.58 bits per heavy atom. The average Bonchev–Trinajstić information content (AvgIpc) is 2.59. The lowest BCUT2D eigenvalue weighted by atomic mass is 9.96. The second-order valence-electron chi connectivity index (χ2n) is 6.01. The van der Waals surface area contributed by atoms with E-state index in [1.807, 2.05) is 31.2 Å². The van der Waals surface area contributed by atoms with Crippen LogP contribution in [0.5, 0.6) is 0 Å². The molecule has 2 aromatic rings. The molecule has 0 aliphatic rings. The van der Waals surface area contributed by atoms with Crippen LogP contribution < -0.4 is 16.8 Å². The molecule has 2 aromatic carbocycles. The minimum Gasteiger partial charge on any atom is -0.481 e. The number of carbonyl (C=O) groups is 2. The first-order valence-corrected chi connectivity index (χ1v) is 8.13. The molecule has 0 spiro atoms. The van der Waals surface area contributed by atoms with Gasteiger partial charge in [0, 0.05) is 12.1 Å². The Balaban J connectivity index is 2.03. The van der Waals surface area contributed by atoms with Crippen molar-refractivity contribution in [1.82, 2.24) is 5.32 Å². The Kier molecular flexibility index (Phi) is 6.32. The fourth-order valence-corrected chi connectivity index (χ4v) is 2.54. The summed E-state index contributed by atoms with van der Waals surface area (Å²) >= 11 is 0. The number of carboxylic acid groups (broad SMARTS) is 1. The van der Waals surface area contributed by atoms with Crippen LogP contribution in [0.2, 0.25) is 0 Å². The number of nitrogens with two attached hydrogens (primary N) is 2. The van der Waals surface area contributed by atoms with Crippen LogP contribution in [-0.4, -0.2) is 22.9 Å². The maximum absolute atomic E-state index is 12.3. The number of aliphatic carboxylic acids is 1. The Bertz CT molecular complexity index is 829. The van der Waals surface area contributed by atoms with Gasteiger partial charge in [-0.25, -0.2) is 4.99 Å². The zero-order valence-electron chi connectivity index (χ0n) is 14.5. The van der Waals surface area contributed by atoms with Crippen molar-refractivity contribution in [3.8, 4) is 0 Å². The monoisotopic (exact) mass is 354 g/mol. The molecule has 0 heterocycles. The number of benzene rings is 2. The maximum Gasteiger partial charge on any atom is 0.303 e. The summed E-state index contributed by atoms with van der Waals surface area (Å²) in [6.07, 6.45) is 0.0629. The molecule has 0 aliphatic carbocycles. The lowest BCUT2D eigenvalue weighted by molar-refractivity contribution is -0.137. The number of rotatable bonds is 7. The number of nitrogens with one attached hydrogen (secondary N) is 1. The Morgan fingerprint density at radius 1 is 1.15 bits per heavy atom. The number of hydrogen-bond acceptors (Lipinski definition) is 3. The molecule has 0 fully saturated rings. The molecule has 0 saturated carbocycles. The summed E-state index contributed by atoms with van der Waals surface area (Å²) in [6, 6.07) is 14.2. The van der Waals surface area contributed by atoms with Gasteiger partial charge in [-0.3, -0.25) is 9.59 Å². The largest absolute Gasteiger partial charge is 0.481 e. The average molecular weight is 354 g/mol. The standard InChI is InChI=1S/C19H22N4O3/c1-12(8-17(24)25)14-5-2-4-13(9-14)11-22-18(26)15-6-3-7-16(10-15)23-19(20)21/h2-7,9-10,12H,8,11H2,1H3,(H,22,26)(H,24,25)(H4,20,21,23)/t12-/m1/s1. The SMILES string of the molecule is C[C@H](CC(=O)O)c1cccc(CNC(=O)c2cccc(N=C(N)N)c2)c1. The minimum atomic E-state index is -0.836. The highest BCUT2D eigenvalue weighted by Crippen LogP contribution is 2.20. The highest BCUT2D eigenvalue weighted by molar-refractivity contribution is 5.95. The van der Waals surface area contributed by atoms with Crippen molar-refractivity contribution in [2.45, 2.75) is 25.8 Å². The van der Waals surface area contributed by atoms with Crippen LogP contribution in [0.4, 0.5) is 5.69 Å². The number of guanidine groups is 1. The molecule has 0 bridgehead atoms. The first-order valence-electron chi connectivity index (χ1n) is 8.13. The lowest BCUT2D eigenvalue weighted by Gasteiger charge is -2.12. The molecule has 1 amide bonds. The van der Waals surface area contributed by atoms with E-state index in [2.05, 4.69) is 10.3 Å². The predicted octanol–water partition coefficient (Wildman–Crippen LogP) is 2.10. The van der Waals surface area contributed by atoms with Gasteiger partial charge in [-0.05, 0) is 35.2 Å². The van der Waals surface area contributed by atoms with Crippen LogP contribution in [0, 0.1) is 0 Å². The quantitative estimate of drug-likeness (QED) is 0.447. The van der Waals surface area contributed by atoms with Crippen LogP contribution in [0.25, 0.3) is 0 Å². The fraction of sp³-hybridized carbons (Fsp3) is 0.211. The predicted molar refractivity (Wildman–Crippen MR) is 100 cm³/mol. The third-order valence-electron chi connectivity index (χ3n) is 3.82. The molecule has 0 unspecified atom stereocenters. The van der Waals surface area contributed by atoms with Gasteiger partial charge >= 0.3 is 5.97 Å². The highest BCUT2D eigenvalue weighted by Gasteiger charge is 2.11. The van der Waals surface area contributed by atoms with Crippen molar-refractivity contribution < 1.29 is 14.7 Å². The van der Waals surface area contributed by atoms with Crippen molar-refractivity contribution in [1.29, 1.82) is 0 Å². The molecule has 0 aromatic heterocycles. The summed E-state index contributed by atoms with van der Waals surface area (Å²) in [4.78, 5) is 27.1. The van der Waals surface area contributed by atoms with Crippen LogP contribution in [0.1, 0.15) is 40.7 Å². The van der Waals surface area contributed by atoms with Gasteiger partial charge in [-0.1, -0.05) is 37.3 Å². The number of hydrogen-bond donors (Lipinski definition) is 4. The summed E-state index contributed by atoms with van der Waals surface area (Å²) in [5.41, 5.74) is 13.5. The number of amides is 1. The highest BCUT2D eigenvalue weighted by atomic mass is 16.4. The molecule has 0 aliphatic heterocycles. The van der Waals surface area contributed by atoms with Gasteiger partial charge in [0.2, 0.25) is 0 Å². The van der Waals surface area contributed by atoms with Crippen LogP contribution in [-0.2, 0) is 11.3 Å². The Labute approximate surface area is 151 Å². The fourth-order valence-electron chi connectivity index (χ4n) is 2.54. The summed E-state index contributed by atoms with van der Waals surface area (Å²) in [6.45, 7) is 2.19. The van der Waals surface area contributed by atoms with Gasteiger partial charge in [-0.2, -0.15) is 0 Å². The van der Waals surface area contributed by atoms with Crippen molar-refractivity contribution in [3.63, 3.8) is 0 Å². The van der Waals surface area contributed by atoms with Gasteiger partial charge in [0.1, 0.15) is 0 Å². The van der Waals surface area contributed by atoms with Gasteiger partial charge in [0.15, 0.2) is 5.96 Å². The van der Waals surface area contributed by atoms with Gasteiger partial charge in [0.25, 0.3) is 5.91 Å². The molecule has 0 saturated heterocycles. The van der Waals surface area contributed by atoms with E-state index in [-0.39, 0.29) is 24.2 Å². The summed E-state index contributed by atoms with van der Waals surface area (Å²) < 4.78 is 0. The zero-order chi connectivity index (χ0) is 19.1. The van der Waals surface area contributed by atoms with Crippen molar-refractivity contribution in [2.75, 3.05) is 0 Å². The number of nitrogens with zero attached hydrogens (tertiary/aromatic N) is 1. The normalized spacial score (nSPS) is 11.4. The molecule has 6 N–H and O–H groups in total. The van der Waals surface area contributed by atoms with Gasteiger partial charge in [-0.15, -0.1) is 0 Å². The number of carboxylic acids is 1. The van der Waals surface area contributed by atoms with E-state index in [0.717, 1.165) is 11.1 Å². The smallest absolute Gasteiger partial charge is 0.303 e. The van der Waals surface area contributed by atoms with E-state index >= 15 is 0 Å². The summed E-state index contributed by atoms with van der Waals surface area (Å²) in [5, 5.41) is 11.7. The van der Waals surface area contributed by atoms with E-state index < -0.39 is 5.97 Å². The van der Waals surface area contributed by atoms with Gasteiger partial charge in [0.05, 0.1) is 12.1 Å². The number of aliphatic imine (C=N–C) groups is 1. The molecule has 26 heavy (non-hydrogen) atoms. The summed E-state index contributed by atoms with van der Waals surface area (Å²) in [7, 11) is 0. The minimum absolute atomic E-state index is 0.0629. The van der Waals surface area contributed by atoms with Crippen LogP contribution in [0.3, 0.4) is 0 Å². The molecule has 2 rings (SSSR count). The maximum atomic E-state index is 12.3. The van der Waals surface area contributed by atoms with E-state index in [4.69, 9.17) is 16.6 Å². The van der Waals surface area contributed by atoms with Crippen LogP contribution >= 0.6 is 0 Å². The van der Waals surface area contributed by atoms with E-state index in [0.29, 0.717) is 17.8 Å². The second-order valence-corrected chi connectivity index (χ2v) is 6.01. The van der Waals surface area contributed by atoms with E-state index in [1.165, 1.54) is 0 Å². The topological polar surface area (TPSA) is 131 Å². The lowest BCUT2D eigenvalue weighted by Crippen LogP contribution is -2.23. The molecular weight excluding hydrogens is 332 g/mol. The molecule has 7 nitrogen and oxygen atoms in total.